The summed E-state index contributed by atoms with van der Waals surface area (Å²) in [5.74, 6) is 0. The Morgan fingerprint density at radius 3 is 2.94 bits per heavy atom. The third-order valence-electron chi connectivity index (χ3n) is 2.66. The Labute approximate surface area is 106 Å². The van der Waals surface area contributed by atoms with E-state index in [1.54, 1.807) is 30.9 Å². The lowest BCUT2D eigenvalue weighted by Crippen LogP contribution is -2.10. The van der Waals surface area contributed by atoms with Crippen molar-refractivity contribution >= 4 is 11.9 Å². The summed E-state index contributed by atoms with van der Waals surface area (Å²) in [6.07, 6.45) is 9.35. The van der Waals surface area contributed by atoms with Crippen LogP contribution in [0, 0.1) is 0 Å². The zero-order valence-electron chi connectivity index (χ0n) is 10.3. The van der Waals surface area contributed by atoms with Crippen molar-refractivity contribution in [3.8, 4) is 0 Å². The lowest BCUT2D eigenvalue weighted by molar-refractivity contribution is 0.114. The first-order chi connectivity index (χ1) is 8.85. The number of aromatic nitrogens is 1. The second-order valence-corrected chi connectivity index (χ2v) is 3.81. The third kappa shape index (κ3) is 2.71. The molecule has 1 aliphatic rings. The van der Waals surface area contributed by atoms with Gasteiger partial charge in [0.05, 0.1) is 5.71 Å². The molecule has 2 rings (SSSR count). The van der Waals surface area contributed by atoms with Crippen molar-refractivity contribution in [3.63, 3.8) is 0 Å². The molecule has 4 nitrogen and oxygen atoms in total. The summed E-state index contributed by atoms with van der Waals surface area (Å²) in [7, 11) is 0. The van der Waals surface area contributed by atoms with E-state index in [2.05, 4.69) is 21.7 Å². The van der Waals surface area contributed by atoms with E-state index in [4.69, 9.17) is 4.84 Å². The number of oxime groups is 1. The predicted molar refractivity (Wildman–Crippen MR) is 72.7 cm³/mol. The molecule has 0 saturated carbocycles. The molecule has 0 aromatic carbocycles. The van der Waals surface area contributed by atoms with E-state index in [-0.39, 0.29) is 6.10 Å². The van der Waals surface area contributed by atoms with Gasteiger partial charge >= 0.3 is 0 Å². The summed E-state index contributed by atoms with van der Waals surface area (Å²) >= 11 is 0. The number of hydrogen-bond donors (Lipinski definition) is 0. The normalized spacial score (nSPS) is 19.7. The van der Waals surface area contributed by atoms with Crippen LogP contribution in [0.15, 0.2) is 59.1 Å². The quantitative estimate of drug-likeness (QED) is 0.601. The van der Waals surface area contributed by atoms with E-state index in [1.165, 1.54) is 0 Å². The highest BCUT2D eigenvalue weighted by Crippen LogP contribution is 2.22. The maximum absolute atomic E-state index is 5.42. The lowest BCUT2D eigenvalue weighted by atomic mass is 10.0. The SMILES string of the molecule is C=C/C(=C\N=CC)C1CC(c2ccncc2)=NO1. The van der Waals surface area contributed by atoms with Crippen LogP contribution in [0.3, 0.4) is 0 Å². The average Bonchev–Trinajstić information content (AvgIpc) is 2.90. The maximum Gasteiger partial charge on any atom is 0.159 e. The van der Waals surface area contributed by atoms with Gasteiger partial charge in [-0.3, -0.25) is 9.98 Å². The average molecular weight is 241 g/mol. The number of aliphatic imine (C=N–C) groups is 1. The molecule has 1 unspecified atom stereocenters. The van der Waals surface area contributed by atoms with Crippen molar-refractivity contribution in [2.45, 2.75) is 19.4 Å². The second-order valence-electron chi connectivity index (χ2n) is 3.81. The van der Waals surface area contributed by atoms with Gasteiger partial charge in [0.25, 0.3) is 0 Å². The zero-order valence-corrected chi connectivity index (χ0v) is 10.3. The van der Waals surface area contributed by atoms with E-state index in [1.807, 2.05) is 19.1 Å². The fraction of sp³-hybridized carbons (Fsp3) is 0.214. The summed E-state index contributed by atoms with van der Waals surface area (Å²) in [6, 6.07) is 3.85. The Balaban J connectivity index is 2.09. The Hall–Kier alpha value is -2.23. The van der Waals surface area contributed by atoms with E-state index >= 15 is 0 Å². The minimum atomic E-state index is -0.102. The topological polar surface area (TPSA) is 46.8 Å². The van der Waals surface area contributed by atoms with Gasteiger partial charge in [0.2, 0.25) is 0 Å². The highest BCUT2D eigenvalue weighted by atomic mass is 16.6. The first-order valence-electron chi connectivity index (χ1n) is 5.78. The van der Waals surface area contributed by atoms with Crippen LogP contribution in [0.5, 0.6) is 0 Å². The molecule has 0 saturated heterocycles. The maximum atomic E-state index is 5.42. The fourth-order valence-corrected chi connectivity index (χ4v) is 1.70. The molecule has 1 aromatic heterocycles. The van der Waals surface area contributed by atoms with Gasteiger partial charge < -0.3 is 4.84 Å². The van der Waals surface area contributed by atoms with Crippen LogP contribution in [0.1, 0.15) is 18.9 Å². The molecule has 92 valence electrons. The summed E-state index contributed by atoms with van der Waals surface area (Å²) in [6.45, 7) is 5.64. The van der Waals surface area contributed by atoms with Crippen molar-refractivity contribution in [1.29, 1.82) is 0 Å². The largest absolute Gasteiger partial charge is 0.387 e. The molecule has 0 radical (unpaired) electrons. The van der Waals surface area contributed by atoms with Gasteiger partial charge in [0, 0.05) is 42.4 Å². The van der Waals surface area contributed by atoms with E-state index in [9.17, 15) is 0 Å². The van der Waals surface area contributed by atoms with E-state index < -0.39 is 0 Å². The summed E-state index contributed by atoms with van der Waals surface area (Å²) < 4.78 is 0. The first kappa shape index (κ1) is 12.2. The highest BCUT2D eigenvalue weighted by molar-refractivity contribution is 6.01. The summed E-state index contributed by atoms with van der Waals surface area (Å²) in [5.41, 5.74) is 2.89. The molecule has 1 aromatic rings. The van der Waals surface area contributed by atoms with Gasteiger partial charge in [-0.2, -0.15) is 0 Å². The van der Waals surface area contributed by atoms with E-state index in [0.29, 0.717) is 0 Å². The smallest absolute Gasteiger partial charge is 0.159 e. The Kier molecular flexibility index (Phi) is 4.02. The molecule has 1 atom stereocenters. The number of hydrogen-bond acceptors (Lipinski definition) is 4. The minimum absolute atomic E-state index is 0.102. The molecule has 0 aliphatic carbocycles. The molecule has 1 aliphatic heterocycles. The molecule has 0 bridgehead atoms. The third-order valence-corrected chi connectivity index (χ3v) is 2.66. The van der Waals surface area contributed by atoms with E-state index in [0.717, 1.165) is 23.3 Å². The van der Waals surface area contributed by atoms with Gasteiger partial charge in [0.1, 0.15) is 0 Å². The standard InChI is InChI=1S/C14H15N3O/c1-3-11(10-15-4-2)14-9-13(17-18-14)12-5-7-16-8-6-12/h3-8,10,14H,1,9H2,2H3/b11-10+,15-4?. The Bertz CT molecular complexity index is 503. The van der Waals surface area contributed by atoms with Gasteiger partial charge in [0.15, 0.2) is 6.10 Å². The van der Waals surface area contributed by atoms with Crippen LogP contribution < -0.4 is 0 Å². The van der Waals surface area contributed by atoms with Crippen LogP contribution in [0.2, 0.25) is 0 Å². The minimum Gasteiger partial charge on any atom is -0.387 e. The fourth-order valence-electron chi connectivity index (χ4n) is 1.70. The number of pyridine rings is 1. The lowest BCUT2D eigenvalue weighted by Gasteiger charge is -2.07. The van der Waals surface area contributed by atoms with Crippen LogP contribution >= 0.6 is 0 Å². The first-order valence-corrected chi connectivity index (χ1v) is 5.78. The van der Waals surface area contributed by atoms with Crippen molar-refractivity contribution in [2.75, 3.05) is 0 Å². The second kappa shape index (κ2) is 5.91. The zero-order chi connectivity index (χ0) is 12.8. The van der Waals surface area contributed by atoms with Crippen LogP contribution in [0.25, 0.3) is 0 Å². The van der Waals surface area contributed by atoms with Crippen molar-refractivity contribution in [2.24, 2.45) is 10.1 Å². The summed E-state index contributed by atoms with van der Waals surface area (Å²) in [4.78, 5) is 13.5. The molecule has 0 fully saturated rings. The van der Waals surface area contributed by atoms with Crippen molar-refractivity contribution < 1.29 is 4.84 Å². The molecular weight excluding hydrogens is 226 g/mol. The Morgan fingerprint density at radius 2 is 2.28 bits per heavy atom. The Morgan fingerprint density at radius 1 is 1.50 bits per heavy atom. The molecule has 4 heteroatoms. The van der Waals surface area contributed by atoms with Crippen LogP contribution in [-0.4, -0.2) is 23.0 Å². The van der Waals surface area contributed by atoms with Crippen molar-refractivity contribution in [3.05, 3.63) is 54.5 Å². The van der Waals surface area contributed by atoms with Crippen LogP contribution in [-0.2, 0) is 4.84 Å². The van der Waals surface area contributed by atoms with Crippen molar-refractivity contribution in [1.82, 2.24) is 4.98 Å². The molecule has 2 heterocycles. The van der Waals surface area contributed by atoms with Gasteiger partial charge in [-0.15, -0.1) is 0 Å². The predicted octanol–water partition coefficient (Wildman–Crippen LogP) is 2.74. The van der Waals surface area contributed by atoms with Gasteiger partial charge in [-0.25, -0.2) is 0 Å². The van der Waals surface area contributed by atoms with Gasteiger partial charge in [-0.1, -0.05) is 17.8 Å². The number of nitrogens with zero attached hydrogens (tertiary/aromatic N) is 3. The number of rotatable bonds is 4. The van der Waals surface area contributed by atoms with Gasteiger partial charge in [-0.05, 0) is 19.1 Å². The van der Waals surface area contributed by atoms with Crippen LogP contribution in [0.4, 0.5) is 0 Å². The molecule has 18 heavy (non-hydrogen) atoms. The molecular formula is C14H15N3O. The highest BCUT2D eigenvalue weighted by Gasteiger charge is 2.24. The molecule has 0 amide bonds. The molecule has 0 spiro atoms. The molecule has 0 N–H and O–H groups in total. The summed E-state index contributed by atoms with van der Waals surface area (Å²) in [5, 5.41) is 4.11. The monoisotopic (exact) mass is 241 g/mol.